The third-order valence-corrected chi connectivity index (χ3v) is 0.362. The van der Waals surface area contributed by atoms with E-state index in [2.05, 4.69) is 5.84 Å². The van der Waals surface area contributed by atoms with Gasteiger partial charge in [-0.1, -0.05) is 6.92 Å². The van der Waals surface area contributed by atoms with Gasteiger partial charge in [0.05, 0.1) is 6.07 Å². The van der Waals surface area contributed by atoms with Gasteiger partial charge in [-0.2, -0.15) is 5.26 Å². The van der Waals surface area contributed by atoms with E-state index in [1.807, 2.05) is 13.0 Å². The predicted molar refractivity (Wildman–Crippen MR) is 30.5 cm³/mol. The fourth-order valence-electron chi connectivity index (χ4n) is 0.112. The van der Waals surface area contributed by atoms with Crippen molar-refractivity contribution in [3.8, 4) is 6.07 Å². The molecule has 0 aromatic carbocycles. The predicted octanol–water partition coefficient (Wildman–Crippen LogP) is 0.937. The van der Waals surface area contributed by atoms with Crippen molar-refractivity contribution in [2.75, 3.05) is 0 Å². The van der Waals surface area contributed by atoms with Crippen molar-refractivity contribution in [3.63, 3.8) is 0 Å². The number of nitrogens with zero attached hydrogens (tertiary/aromatic N) is 2. The first-order valence-electron chi connectivity index (χ1n) is 2.23. The van der Waals surface area contributed by atoms with Gasteiger partial charge in [-0.15, -0.1) is 4.91 Å². The molecule has 8 heavy (non-hydrogen) atoms. The van der Waals surface area contributed by atoms with Gasteiger partial charge in [0.2, 0.25) is 0 Å². The molecule has 0 spiro atoms. The average molecular weight is 115 g/mol. The third kappa shape index (κ3) is 93.4. The molecule has 0 heterocycles. The molecule has 4 heteroatoms. The number of nitrogens with two attached hydrogens (primary N) is 1. The molecule has 0 rings (SSSR count). The molecule has 0 saturated heterocycles. The minimum absolute atomic E-state index is 0.694. The Bertz CT molecular complexity index is 75.8. The van der Waals surface area contributed by atoms with Gasteiger partial charge >= 0.3 is 0 Å². The largest absolute Gasteiger partial charge is 0.287 e. The number of unbranched alkanes of at least 4 members (excludes halogenated alkanes) is 1. The summed E-state index contributed by atoms with van der Waals surface area (Å²) in [6, 6.07) is 2.02. The van der Waals surface area contributed by atoms with E-state index < -0.39 is 0 Å². The summed E-state index contributed by atoms with van der Waals surface area (Å²) in [5.74, 6) is 3.92. The lowest BCUT2D eigenvalue weighted by Gasteiger charge is -1.65. The molecule has 0 unspecified atom stereocenters. The van der Waals surface area contributed by atoms with E-state index in [9.17, 15) is 0 Å². The van der Waals surface area contributed by atoms with Gasteiger partial charge in [0.25, 0.3) is 0 Å². The van der Waals surface area contributed by atoms with Crippen molar-refractivity contribution >= 4 is 0 Å². The normalized spacial score (nSPS) is 5.50. The van der Waals surface area contributed by atoms with Crippen LogP contribution in [0.5, 0.6) is 0 Å². The van der Waals surface area contributed by atoms with Crippen molar-refractivity contribution < 1.29 is 0 Å². The van der Waals surface area contributed by atoms with E-state index in [0.717, 1.165) is 6.42 Å². The lowest BCUT2D eigenvalue weighted by molar-refractivity contribution is 0.969. The number of nitriles is 1. The molecule has 0 bridgehead atoms. The van der Waals surface area contributed by atoms with Crippen LogP contribution < -0.4 is 5.84 Å². The monoisotopic (exact) mass is 115 g/mol. The van der Waals surface area contributed by atoms with Crippen molar-refractivity contribution in [1.29, 1.82) is 5.26 Å². The molecule has 0 fully saturated rings. The van der Waals surface area contributed by atoms with Gasteiger partial charge in [0, 0.05) is 11.7 Å². The van der Waals surface area contributed by atoms with Crippen molar-refractivity contribution in [2.45, 2.75) is 19.8 Å². The zero-order valence-electron chi connectivity index (χ0n) is 4.79. The summed E-state index contributed by atoms with van der Waals surface area (Å²) < 4.78 is 0. The van der Waals surface area contributed by atoms with Crippen LogP contribution in [0.2, 0.25) is 0 Å². The van der Waals surface area contributed by atoms with Gasteiger partial charge < -0.3 is 0 Å². The topological polar surface area (TPSA) is 79.2 Å². The van der Waals surface area contributed by atoms with E-state index in [4.69, 9.17) is 10.2 Å². The van der Waals surface area contributed by atoms with Gasteiger partial charge in [-0.05, 0) is 6.42 Å². The van der Waals surface area contributed by atoms with Crippen molar-refractivity contribution in [2.24, 2.45) is 11.1 Å². The van der Waals surface area contributed by atoms with Crippen LogP contribution in [0.4, 0.5) is 0 Å². The molecule has 0 aromatic heterocycles. The van der Waals surface area contributed by atoms with Crippen LogP contribution >= 0.6 is 0 Å². The Morgan fingerprint density at radius 1 is 1.88 bits per heavy atom. The molecule has 0 aliphatic rings. The summed E-state index contributed by atoms with van der Waals surface area (Å²) in [7, 11) is 0. The molecule has 0 saturated carbocycles. The highest BCUT2D eigenvalue weighted by atomic mass is 16.3. The number of nitroso groups, excluding NO2 is 1. The Kier molecular flexibility index (Phi) is 21.1. The molecule has 0 aliphatic carbocycles. The van der Waals surface area contributed by atoms with Gasteiger partial charge in [-0.25, -0.2) is 0 Å². The van der Waals surface area contributed by atoms with Crippen LogP contribution in [0.25, 0.3) is 0 Å². The lowest BCUT2D eigenvalue weighted by Crippen LogP contribution is -1.66. The molecular weight excluding hydrogens is 106 g/mol. The van der Waals surface area contributed by atoms with Crippen LogP contribution in [0, 0.1) is 16.2 Å². The molecular formula is C4H9N3O. The van der Waals surface area contributed by atoms with Crippen LogP contribution in [-0.4, -0.2) is 0 Å². The van der Waals surface area contributed by atoms with E-state index >= 15 is 0 Å². The summed E-state index contributed by atoms with van der Waals surface area (Å²) >= 11 is 0. The second-order valence-corrected chi connectivity index (χ2v) is 1.01. The Balaban J connectivity index is 0. The van der Waals surface area contributed by atoms with Gasteiger partial charge in [0.15, 0.2) is 0 Å². The van der Waals surface area contributed by atoms with Crippen LogP contribution in [-0.2, 0) is 0 Å². The van der Waals surface area contributed by atoms with E-state index in [1.54, 1.807) is 5.29 Å². The second-order valence-electron chi connectivity index (χ2n) is 1.01. The average Bonchev–Trinajstić information content (AvgIpc) is 1.71. The summed E-state index contributed by atoms with van der Waals surface area (Å²) in [4.78, 5) is 8.33. The lowest BCUT2D eigenvalue weighted by atomic mass is 10.4. The van der Waals surface area contributed by atoms with Gasteiger partial charge in [-0.3, -0.25) is 5.84 Å². The highest BCUT2D eigenvalue weighted by Gasteiger charge is 1.65. The molecule has 0 aromatic rings. The Labute approximate surface area is 48.2 Å². The quantitative estimate of drug-likeness (QED) is 0.313. The first-order valence-corrected chi connectivity index (χ1v) is 2.23. The highest BCUT2D eigenvalue weighted by molar-refractivity contribution is 4.65. The second kappa shape index (κ2) is 16.9. The highest BCUT2D eigenvalue weighted by Crippen LogP contribution is 1.77. The molecule has 0 atom stereocenters. The van der Waals surface area contributed by atoms with Crippen molar-refractivity contribution in [3.05, 3.63) is 4.91 Å². The standard InChI is InChI=1S/C4H7N.H2N2O/c1-2-3-4-5;1-2-3/h2-3H2,1H3;(H2,1,3). The fraction of sp³-hybridized carbons (Fsp3) is 0.750. The smallest absolute Gasteiger partial charge is 0.0621 e. The Morgan fingerprint density at radius 2 is 2.25 bits per heavy atom. The molecule has 0 aliphatic heterocycles. The first kappa shape index (κ1) is 10.00. The van der Waals surface area contributed by atoms with E-state index in [0.29, 0.717) is 6.42 Å². The molecule has 0 radical (unpaired) electrons. The molecule has 2 N–H and O–H groups in total. The number of rotatable bonds is 1. The Morgan fingerprint density at radius 3 is 2.25 bits per heavy atom. The van der Waals surface area contributed by atoms with E-state index in [1.165, 1.54) is 0 Å². The van der Waals surface area contributed by atoms with Crippen molar-refractivity contribution in [1.82, 2.24) is 0 Å². The maximum atomic E-state index is 8.33. The zero-order valence-corrected chi connectivity index (χ0v) is 4.79. The Hall–Kier alpha value is -1.11. The molecule has 4 nitrogen and oxygen atoms in total. The minimum Gasteiger partial charge on any atom is -0.287 e. The summed E-state index contributed by atoms with van der Waals surface area (Å²) in [5.41, 5.74) is 0. The summed E-state index contributed by atoms with van der Waals surface area (Å²) in [5, 5.41) is 9.57. The SMILES string of the molecule is CCCC#N.NN=O. The van der Waals surface area contributed by atoms with E-state index in [-0.39, 0.29) is 0 Å². The summed E-state index contributed by atoms with van der Waals surface area (Å²) in [6.07, 6.45) is 1.68. The summed E-state index contributed by atoms with van der Waals surface area (Å²) in [6.45, 7) is 1.99. The third-order valence-electron chi connectivity index (χ3n) is 0.362. The fourth-order valence-corrected chi connectivity index (χ4v) is 0.112. The first-order chi connectivity index (χ1) is 3.83. The van der Waals surface area contributed by atoms with Crippen LogP contribution in [0.1, 0.15) is 19.8 Å². The number of hydrogen-bond donors (Lipinski definition) is 1. The maximum absolute atomic E-state index is 8.33. The van der Waals surface area contributed by atoms with Crippen LogP contribution in [0.3, 0.4) is 0 Å². The molecule has 0 amide bonds. The number of hydrogen-bond acceptors (Lipinski definition) is 3. The molecule has 46 valence electrons. The van der Waals surface area contributed by atoms with Gasteiger partial charge in [0.1, 0.15) is 0 Å². The minimum atomic E-state index is 0.694. The maximum Gasteiger partial charge on any atom is 0.0621 e. The zero-order chi connectivity index (χ0) is 6.83. The van der Waals surface area contributed by atoms with Crippen LogP contribution in [0.15, 0.2) is 5.29 Å².